The SMILES string of the molecule is CCn1nc(-c2cccnc2)nc1-c1ccc2[nH]c(-c3ccccc3Cl)cc2c1. The lowest BCUT2D eigenvalue weighted by Gasteiger charge is -2.02. The van der Waals surface area contributed by atoms with E-state index in [1.165, 1.54) is 0 Å². The molecule has 0 spiro atoms. The molecule has 29 heavy (non-hydrogen) atoms. The lowest BCUT2D eigenvalue weighted by molar-refractivity contribution is 0.668. The van der Waals surface area contributed by atoms with E-state index in [4.69, 9.17) is 16.6 Å². The Morgan fingerprint density at radius 3 is 2.69 bits per heavy atom. The van der Waals surface area contributed by atoms with Crippen molar-refractivity contribution >= 4 is 22.5 Å². The summed E-state index contributed by atoms with van der Waals surface area (Å²) in [6, 6.07) is 20.1. The van der Waals surface area contributed by atoms with Gasteiger partial charge in [-0.25, -0.2) is 9.67 Å². The van der Waals surface area contributed by atoms with Gasteiger partial charge in [0.05, 0.1) is 0 Å². The summed E-state index contributed by atoms with van der Waals surface area (Å²) in [4.78, 5) is 12.4. The van der Waals surface area contributed by atoms with Crippen molar-refractivity contribution in [2.75, 3.05) is 0 Å². The van der Waals surface area contributed by atoms with Crippen molar-refractivity contribution in [1.29, 1.82) is 0 Å². The molecule has 0 aliphatic heterocycles. The van der Waals surface area contributed by atoms with E-state index < -0.39 is 0 Å². The second-order valence-corrected chi connectivity index (χ2v) is 7.19. The van der Waals surface area contributed by atoms with Gasteiger partial charge in [-0.3, -0.25) is 4.98 Å². The highest BCUT2D eigenvalue weighted by atomic mass is 35.5. The molecule has 0 aliphatic carbocycles. The Hall–Kier alpha value is -3.44. The summed E-state index contributed by atoms with van der Waals surface area (Å²) in [5, 5.41) is 6.49. The van der Waals surface area contributed by atoms with Crippen LogP contribution in [0.2, 0.25) is 5.02 Å². The summed E-state index contributed by atoms with van der Waals surface area (Å²) in [6.07, 6.45) is 3.53. The van der Waals surface area contributed by atoms with Gasteiger partial charge in [-0.05, 0) is 49.4 Å². The fourth-order valence-corrected chi connectivity index (χ4v) is 3.73. The van der Waals surface area contributed by atoms with E-state index in [2.05, 4.69) is 46.3 Å². The average molecular weight is 400 g/mol. The van der Waals surface area contributed by atoms with Crippen LogP contribution in [0.1, 0.15) is 6.92 Å². The quantitative estimate of drug-likeness (QED) is 0.413. The lowest BCUT2D eigenvalue weighted by Crippen LogP contribution is -1.99. The highest BCUT2D eigenvalue weighted by Crippen LogP contribution is 2.32. The van der Waals surface area contributed by atoms with E-state index in [9.17, 15) is 0 Å². The number of fused-ring (bicyclic) bond motifs is 1. The lowest BCUT2D eigenvalue weighted by atomic mass is 10.1. The van der Waals surface area contributed by atoms with Gasteiger partial charge in [-0.1, -0.05) is 29.8 Å². The number of nitrogens with zero attached hydrogens (tertiary/aromatic N) is 4. The molecule has 0 amide bonds. The largest absolute Gasteiger partial charge is 0.354 e. The van der Waals surface area contributed by atoms with Gasteiger partial charge in [0.15, 0.2) is 11.6 Å². The number of aryl methyl sites for hydroxylation is 1. The molecule has 2 aromatic carbocycles. The van der Waals surface area contributed by atoms with Crippen LogP contribution in [0, 0.1) is 0 Å². The van der Waals surface area contributed by atoms with Crippen LogP contribution in [0.25, 0.3) is 44.9 Å². The van der Waals surface area contributed by atoms with Crippen molar-refractivity contribution < 1.29 is 0 Å². The van der Waals surface area contributed by atoms with Crippen molar-refractivity contribution in [3.8, 4) is 34.0 Å². The number of rotatable bonds is 4. The Bertz CT molecular complexity index is 1300. The summed E-state index contributed by atoms with van der Waals surface area (Å²) < 4.78 is 1.92. The van der Waals surface area contributed by atoms with E-state index >= 15 is 0 Å². The van der Waals surface area contributed by atoms with Crippen LogP contribution < -0.4 is 0 Å². The van der Waals surface area contributed by atoms with Crippen LogP contribution in [0.5, 0.6) is 0 Å². The first-order valence-corrected chi connectivity index (χ1v) is 9.84. The third-order valence-electron chi connectivity index (χ3n) is 4.93. The summed E-state index contributed by atoms with van der Waals surface area (Å²) in [7, 11) is 0. The van der Waals surface area contributed by atoms with Gasteiger partial charge < -0.3 is 4.98 Å². The molecule has 3 aromatic heterocycles. The van der Waals surface area contributed by atoms with Crippen molar-refractivity contribution in [2.24, 2.45) is 0 Å². The highest BCUT2D eigenvalue weighted by molar-refractivity contribution is 6.33. The molecule has 0 unspecified atom stereocenters. The number of aromatic nitrogens is 5. The van der Waals surface area contributed by atoms with Gasteiger partial charge in [0, 0.05) is 57.2 Å². The molecule has 5 rings (SSSR count). The predicted octanol–water partition coefficient (Wildman–Crippen LogP) is 5.83. The van der Waals surface area contributed by atoms with Crippen LogP contribution >= 0.6 is 11.6 Å². The Balaban J connectivity index is 1.59. The molecular formula is C23H18ClN5. The predicted molar refractivity (Wildman–Crippen MR) is 117 cm³/mol. The highest BCUT2D eigenvalue weighted by Gasteiger charge is 2.14. The molecule has 142 valence electrons. The first kappa shape index (κ1) is 17.6. The van der Waals surface area contributed by atoms with Crippen molar-refractivity contribution in [2.45, 2.75) is 13.5 Å². The minimum absolute atomic E-state index is 0.681. The van der Waals surface area contributed by atoms with Gasteiger partial charge in [0.25, 0.3) is 0 Å². The summed E-state index contributed by atoms with van der Waals surface area (Å²) in [5.41, 5.74) is 4.97. The topological polar surface area (TPSA) is 59.4 Å². The van der Waals surface area contributed by atoms with Crippen molar-refractivity contribution in [3.05, 3.63) is 78.1 Å². The zero-order valence-corrected chi connectivity index (χ0v) is 16.6. The maximum atomic E-state index is 6.37. The van der Waals surface area contributed by atoms with Crippen LogP contribution in [0.3, 0.4) is 0 Å². The summed E-state index contributed by atoms with van der Waals surface area (Å²) in [5.74, 6) is 1.52. The van der Waals surface area contributed by atoms with Crippen LogP contribution in [-0.4, -0.2) is 24.7 Å². The average Bonchev–Trinajstić information content (AvgIpc) is 3.38. The van der Waals surface area contributed by atoms with Crippen molar-refractivity contribution in [3.63, 3.8) is 0 Å². The first-order chi connectivity index (χ1) is 14.2. The third-order valence-corrected chi connectivity index (χ3v) is 5.26. The smallest absolute Gasteiger partial charge is 0.183 e. The number of benzene rings is 2. The van der Waals surface area contributed by atoms with E-state index in [-0.39, 0.29) is 0 Å². The van der Waals surface area contributed by atoms with Crippen molar-refractivity contribution in [1.82, 2.24) is 24.7 Å². The fourth-order valence-electron chi connectivity index (χ4n) is 3.49. The monoisotopic (exact) mass is 399 g/mol. The van der Waals surface area contributed by atoms with Gasteiger partial charge in [0.1, 0.15) is 0 Å². The Morgan fingerprint density at radius 2 is 1.90 bits per heavy atom. The minimum Gasteiger partial charge on any atom is -0.354 e. The standard InChI is InChI=1S/C23H18ClN5/c1-2-29-23(27-22(28-29)16-6-5-11-25-14-16)15-9-10-20-17(12-15)13-21(26-20)18-7-3-4-8-19(18)24/h3-14,26H,2H2,1H3. The number of halogens is 1. The van der Waals surface area contributed by atoms with Crippen LogP contribution in [-0.2, 0) is 6.54 Å². The third kappa shape index (κ3) is 3.19. The molecule has 0 bridgehead atoms. The minimum atomic E-state index is 0.681. The number of aromatic amines is 1. The Labute approximate surface area is 173 Å². The summed E-state index contributed by atoms with van der Waals surface area (Å²) in [6.45, 7) is 2.80. The number of hydrogen-bond acceptors (Lipinski definition) is 3. The van der Waals surface area contributed by atoms with Gasteiger partial charge in [-0.15, -0.1) is 0 Å². The van der Waals surface area contributed by atoms with Crippen LogP contribution in [0.4, 0.5) is 0 Å². The first-order valence-electron chi connectivity index (χ1n) is 9.46. The molecular weight excluding hydrogens is 382 g/mol. The molecule has 5 aromatic rings. The molecule has 5 nitrogen and oxygen atoms in total. The molecule has 0 aliphatic rings. The second-order valence-electron chi connectivity index (χ2n) is 6.78. The summed E-state index contributed by atoms with van der Waals surface area (Å²) >= 11 is 6.37. The number of pyridine rings is 1. The van der Waals surface area contributed by atoms with E-state index in [1.54, 1.807) is 12.4 Å². The Kier molecular flexibility index (Phi) is 4.37. The van der Waals surface area contributed by atoms with E-state index in [0.29, 0.717) is 5.82 Å². The van der Waals surface area contributed by atoms with E-state index in [1.807, 2.05) is 41.1 Å². The molecule has 0 atom stereocenters. The fraction of sp³-hybridized carbons (Fsp3) is 0.0870. The van der Waals surface area contributed by atoms with Gasteiger partial charge in [-0.2, -0.15) is 5.10 Å². The molecule has 0 fully saturated rings. The Morgan fingerprint density at radius 1 is 1.00 bits per heavy atom. The van der Waals surface area contributed by atoms with Crippen LogP contribution in [0.15, 0.2) is 73.1 Å². The number of nitrogens with one attached hydrogen (secondary N) is 1. The zero-order valence-electron chi connectivity index (χ0n) is 15.8. The molecule has 1 N–H and O–H groups in total. The maximum Gasteiger partial charge on any atom is 0.183 e. The maximum absolute atomic E-state index is 6.37. The molecule has 3 heterocycles. The molecule has 0 saturated heterocycles. The van der Waals surface area contributed by atoms with Gasteiger partial charge in [0.2, 0.25) is 0 Å². The van der Waals surface area contributed by atoms with E-state index in [0.717, 1.165) is 50.7 Å². The number of H-pyrrole nitrogens is 1. The molecule has 0 radical (unpaired) electrons. The molecule has 6 heteroatoms. The normalized spacial score (nSPS) is 11.2. The number of hydrogen-bond donors (Lipinski definition) is 1. The van der Waals surface area contributed by atoms with Gasteiger partial charge >= 0.3 is 0 Å². The second kappa shape index (κ2) is 7.18. The zero-order chi connectivity index (χ0) is 19.8. The molecule has 0 saturated carbocycles.